The van der Waals surface area contributed by atoms with Crippen LogP contribution in [0.1, 0.15) is 23.4 Å². The Hall–Kier alpha value is -2.33. The van der Waals surface area contributed by atoms with Gasteiger partial charge in [-0.1, -0.05) is 35.9 Å². The predicted octanol–water partition coefficient (Wildman–Crippen LogP) is 3.41. The third kappa shape index (κ3) is 2.78. The minimum atomic E-state index is -0.0138. The second kappa shape index (κ2) is 6.29. The van der Waals surface area contributed by atoms with Crippen LogP contribution in [-0.2, 0) is 24.2 Å². The molecule has 1 aliphatic rings. The van der Waals surface area contributed by atoms with Crippen molar-refractivity contribution >= 4 is 23.2 Å². The fourth-order valence-electron chi connectivity index (χ4n) is 3.35. The number of amides is 1. The molecule has 0 saturated heterocycles. The van der Waals surface area contributed by atoms with Crippen LogP contribution in [0.2, 0.25) is 5.02 Å². The molecule has 0 fully saturated rings. The lowest BCUT2D eigenvalue weighted by Gasteiger charge is -2.21. The van der Waals surface area contributed by atoms with Crippen molar-refractivity contribution in [2.24, 2.45) is 5.92 Å². The Morgan fingerprint density at radius 1 is 1.25 bits per heavy atom. The Kier molecular flexibility index (Phi) is 3.98. The fourth-order valence-corrected chi connectivity index (χ4v) is 3.55. The molecule has 24 heavy (non-hydrogen) atoms. The molecule has 1 unspecified atom stereocenters. The average molecular weight is 340 g/mol. The largest absolute Gasteiger partial charge is 0.352 e. The van der Waals surface area contributed by atoms with Gasteiger partial charge in [-0.3, -0.25) is 4.79 Å². The first-order chi connectivity index (χ1) is 11.7. The van der Waals surface area contributed by atoms with Crippen molar-refractivity contribution in [3.8, 4) is 0 Å². The van der Waals surface area contributed by atoms with E-state index in [1.165, 1.54) is 0 Å². The second-order valence-electron chi connectivity index (χ2n) is 6.18. The molecule has 3 aromatic rings. The molecule has 1 amide bonds. The summed E-state index contributed by atoms with van der Waals surface area (Å²) in [7, 11) is 0. The van der Waals surface area contributed by atoms with E-state index in [0.29, 0.717) is 11.6 Å². The maximum Gasteiger partial charge on any atom is 0.223 e. The second-order valence-corrected chi connectivity index (χ2v) is 6.59. The van der Waals surface area contributed by atoms with E-state index < -0.39 is 0 Å². The zero-order valence-electron chi connectivity index (χ0n) is 13.2. The molecule has 4 nitrogen and oxygen atoms in total. The summed E-state index contributed by atoms with van der Waals surface area (Å²) >= 11 is 6.15. The van der Waals surface area contributed by atoms with Crippen molar-refractivity contribution in [3.05, 3.63) is 70.6 Å². The van der Waals surface area contributed by atoms with Crippen LogP contribution in [0.15, 0.2) is 48.7 Å². The van der Waals surface area contributed by atoms with Gasteiger partial charge in [0.05, 0.1) is 5.69 Å². The van der Waals surface area contributed by atoms with Gasteiger partial charge < -0.3 is 9.72 Å². The summed E-state index contributed by atoms with van der Waals surface area (Å²) in [4.78, 5) is 17.2. The van der Waals surface area contributed by atoms with Gasteiger partial charge in [-0.15, -0.1) is 0 Å². The number of aromatic nitrogens is 2. The number of carbonyl (C=O) groups excluding carboxylic acids is 1. The highest BCUT2D eigenvalue weighted by Gasteiger charge is 2.27. The molecule has 1 aliphatic carbocycles. The summed E-state index contributed by atoms with van der Waals surface area (Å²) in [6, 6.07) is 13.6. The zero-order chi connectivity index (χ0) is 16.5. The molecule has 0 radical (unpaired) electrons. The minimum absolute atomic E-state index is 0.0138. The summed E-state index contributed by atoms with van der Waals surface area (Å²) in [6.45, 7) is 0.467. The van der Waals surface area contributed by atoms with Gasteiger partial charge >= 0.3 is 0 Å². The smallest absolute Gasteiger partial charge is 0.223 e. The van der Waals surface area contributed by atoms with Gasteiger partial charge in [-0.25, -0.2) is 4.98 Å². The number of fused-ring (bicyclic) bond motifs is 3. The lowest BCUT2D eigenvalue weighted by atomic mass is 9.89. The molecule has 0 bridgehead atoms. The van der Waals surface area contributed by atoms with Gasteiger partial charge in [0.15, 0.2) is 0 Å². The summed E-state index contributed by atoms with van der Waals surface area (Å²) in [5.74, 6) is 0.0755. The first-order valence-corrected chi connectivity index (χ1v) is 8.56. The molecular weight excluding hydrogens is 322 g/mol. The highest BCUT2D eigenvalue weighted by Crippen LogP contribution is 2.26. The minimum Gasteiger partial charge on any atom is -0.352 e. The van der Waals surface area contributed by atoms with Gasteiger partial charge in [-0.05, 0) is 36.6 Å². The number of nitrogens with zero attached hydrogens (tertiary/aromatic N) is 2. The van der Waals surface area contributed by atoms with Crippen LogP contribution >= 0.6 is 11.6 Å². The number of aryl methyl sites for hydroxylation is 1. The number of benzene rings is 1. The first-order valence-electron chi connectivity index (χ1n) is 8.18. The van der Waals surface area contributed by atoms with Crippen LogP contribution in [0.5, 0.6) is 0 Å². The van der Waals surface area contributed by atoms with Crippen LogP contribution in [0, 0.1) is 5.92 Å². The Balaban J connectivity index is 1.48. The highest BCUT2D eigenvalue weighted by atomic mass is 35.5. The topological polar surface area (TPSA) is 46.4 Å². The number of pyridine rings is 1. The molecule has 122 valence electrons. The summed E-state index contributed by atoms with van der Waals surface area (Å²) < 4.78 is 2.10. The highest BCUT2D eigenvalue weighted by molar-refractivity contribution is 6.31. The predicted molar refractivity (Wildman–Crippen MR) is 94.0 cm³/mol. The van der Waals surface area contributed by atoms with Gasteiger partial charge in [0.1, 0.15) is 5.65 Å². The van der Waals surface area contributed by atoms with Gasteiger partial charge in [0, 0.05) is 35.8 Å². The van der Waals surface area contributed by atoms with Crippen LogP contribution < -0.4 is 5.32 Å². The van der Waals surface area contributed by atoms with Crippen molar-refractivity contribution in [1.82, 2.24) is 14.7 Å². The van der Waals surface area contributed by atoms with E-state index in [9.17, 15) is 4.79 Å². The van der Waals surface area contributed by atoms with Crippen molar-refractivity contribution in [2.45, 2.75) is 25.8 Å². The van der Waals surface area contributed by atoms with Crippen LogP contribution in [-0.4, -0.2) is 15.3 Å². The molecule has 1 aromatic carbocycles. The number of hydrogen-bond acceptors (Lipinski definition) is 2. The molecule has 0 saturated carbocycles. The molecule has 0 aliphatic heterocycles. The molecule has 2 heterocycles. The molecule has 0 spiro atoms. The number of hydrogen-bond donors (Lipinski definition) is 1. The van der Waals surface area contributed by atoms with E-state index in [-0.39, 0.29) is 11.8 Å². The Bertz CT molecular complexity index is 903. The monoisotopic (exact) mass is 339 g/mol. The van der Waals surface area contributed by atoms with Crippen LogP contribution in [0.25, 0.3) is 5.65 Å². The van der Waals surface area contributed by atoms with Gasteiger partial charge in [0.2, 0.25) is 5.91 Å². The van der Waals surface area contributed by atoms with Crippen LogP contribution in [0.3, 0.4) is 0 Å². The van der Waals surface area contributed by atoms with Gasteiger partial charge in [0.25, 0.3) is 0 Å². The molecule has 1 atom stereocenters. The zero-order valence-corrected chi connectivity index (χ0v) is 14.0. The van der Waals surface area contributed by atoms with E-state index in [0.717, 1.165) is 41.9 Å². The fraction of sp³-hybridized carbons (Fsp3) is 0.263. The summed E-state index contributed by atoms with van der Waals surface area (Å²) in [6.07, 6.45) is 4.44. The van der Waals surface area contributed by atoms with Gasteiger partial charge in [-0.2, -0.15) is 0 Å². The van der Waals surface area contributed by atoms with Crippen molar-refractivity contribution < 1.29 is 4.79 Å². The van der Waals surface area contributed by atoms with E-state index in [1.54, 1.807) is 0 Å². The third-order valence-electron chi connectivity index (χ3n) is 4.66. The van der Waals surface area contributed by atoms with E-state index >= 15 is 0 Å². The standard InChI is InChI=1S/C19H18ClN3O/c20-15-6-2-1-5-14(15)12-21-19(24)13-8-9-16-17(11-13)23-10-4-3-7-18(23)22-16/h1-7,10,13H,8-9,11-12H2,(H,21,24). The summed E-state index contributed by atoms with van der Waals surface area (Å²) in [5, 5.41) is 3.71. The lowest BCUT2D eigenvalue weighted by Crippen LogP contribution is -2.34. The quantitative estimate of drug-likeness (QED) is 0.795. The number of imidazole rings is 1. The summed E-state index contributed by atoms with van der Waals surface area (Å²) in [5.41, 5.74) is 4.18. The molecule has 2 aromatic heterocycles. The van der Waals surface area contributed by atoms with Crippen molar-refractivity contribution in [2.75, 3.05) is 0 Å². The first kappa shape index (κ1) is 15.2. The van der Waals surface area contributed by atoms with E-state index in [2.05, 4.69) is 14.7 Å². The normalized spacial score (nSPS) is 16.8. The Morgan fingerprint density at radius 3 is 2.96 bits per heavy atom. The molecule has 5 heteroatoms. The Morgan fingerprint density at radius 2 is 2.08 bits per heavy atom. The third-order valence-corrected chi connectivity index (χ3v) is 5.03. The Labute approximate surface area is 145 Å². The molecule has 4 rings (SSSR count). The maximum absolute atomic E-state index is 12.6. The van der Waals surface area contributed by atoms with E-state index in [1.807, 2.05) is 48.7 Å². The number of rotatable bonds is 3. The van der Waals surface area contributed by atoms with Crippen LogP contribution in [0.4, 0.5) is 0 Å². The average Bonchev–Trinajstić information content (AvgIpc) is 2.98. The molecular formula is C19H18ClN3O. The SMILES string of the molecule is O=C(NCc1ccccc1Cl)C1CCc2nc3ccccn3c2C1. The van der Waals surface area contributed by atoms with E-state index in [4.69, 9.17) is 11.6 Å². The van der Waals surface area contributed by atoms with Crippen molar-refractivity contribution in [3.63, 3.8) is 0 Å². The number of nitrogens with one attached hydrogen (secondary N) is 1. The number of halogens is 1. The van der Waals surface area contributed by atoms with Crippen molar-refractivity contribution in [1.29, 1.82) is 0 Å². The number of carbonyl (C=O) groups is 1. The maximum atomic E-state index is 12.6. The molecule has 1 N–H and O–H groups in total. The lowest BCUT2D eigenvalue weighted by molar-refractivity contribution is -0.125.